The monoisotopic (exact) mass is 313 g/mol. The molecule has 5 heteroatoms. The lowest BCUT2D eigenvalue weighted by Gasteiger charge is -2.19. The summed E-state index contributed by atoms with van der Waals surface area (Å²) in [4.78, 5) is 6.84. The first-order chi connectivity index (χ1) is 10.8. The van der Waals surface area contributed by atoms with Crippen LogP contribution in [-0.2, 0) is 13.1 Å². The van der Waals surface area contributed by atoms with Gasteiger partial charge in [0.15, 0.2) is 0 Å². The second kappa shape index (κ2) is 7.33. The topological polar surface area (TPSA) is 42.2 Å². The molecule has 2 heterocycles. The van der Waals surface area contributed by atoms with Crippen molar-refractivity contribution < 1.29 is 4.52 Å². The van der Waals surface area contributed by atoms with E-state index < -0.39 is 0 Å². The molecule has 0 saturated heterocycles. The lowest BCUT2D eigenvalue weighted by Crippen LogP contribution is -2.23. The summed E-state index contributed by atoms with van der Waals surface area (Å²) >= 11 is 1.64. The van der Waals surface area contributed by atoms with Crippen LogP contribution in [0.1, 0.15) is 24.8 Å². The van der Waals surface area contributed by atoms with Crippen molar-refractivity contribution in [1.29, 1.82) is 0 Å². The van der Waals surface area contributed by atoms with Gasteiger partial charge in [-0.25, -0.2) is 0 Å². The summed E-state index contributed by atoms with van der Waals surface area (Å²) in [7, 11) is 0. The van der Waals surface area contributed by atoms with Crippen LogP contribution in [0.25, 0.3) is 11.4 Å². The van der Waals surface area contributed by atoms with Gasteiger partial charge in [0, 0.05) is 17.5 Å². The van der Waals surface area contributed by atoms with Crippen LogP contribution in [0.15, 0.2) is 51.7 Å². The largest absolute Gasteiger partial charge is 0.338 e. The summed E-state index contributed by atoms with van der Waals surface area (Å²) in [5.74, 6) is 1.35. The van der Waals surface area contributed by atoms with Gasteiger partial charge in [0.05, 0.1) is 6.54 Å². The summed E-state index contributed by atoms with van der Waals surface area (Å²) in [6.45, 7) is 4.76. The van der Waals surface area contributed by atoms with Gasteiger partial charge < -0.3 is 4.52 Å². The van der Waals surface area contributed by atoms with Gasteiger partial charge in [-0.05, 0) is 30.0 Å². The zero-order chi connectivity index (χ0) is 15.2. The van der Waals surface area contributed by atoms with Gasteiger partial charge in [-0.1, -0.05) is 42.4 Å². The summed E-state index contributed by atoms with van der Waals surface area (Å²) in [6.07, 6.45) is 1.10. The van der Waals surface area contributed by atoms with E-state index in [1.165, 1.54) is 5.56 Å². The molecule has 0 spiro atoms. The summed E-state index contributed by atoms with van der Waals surface area (Å²) in [5.41, 5.74) is 2.32. The molecule has 2 aromatic heterocycles. The van der Waals surface area contributed by atoms with Crippen molar-refractivity contribution in [3.63, 3.8) is 0 Å². The van der Waals surface area contributed by atoms with E-state index in [9.17, 15) is 0 Å². The Bertz CT molecular complexity index is 679. The van der Waals surface area contributed by atoms with Crippen LogP contribution in [0.2, 0.25) is 0 Å². The normalized spacial score (nSPS) is 11.2. The number of aromatic nitrogens is 2. The summed E-state index contributed by atoms with van der Waals surface area (Å²) in [6, 6.07) is 12.5. The van der Waals surface area contributed by atoms with Crippen LogP contribution in [0.4, 0.5) is 0 Å². The molecule has 4 nitrogen and oxygen atoms in total. The van der Waals surface area contributed by atoms with Crippen molar-refractivity contribution in [2.24, 2.45) is 0 Å². The van der Waals surface area contributed by atoms with Crippen molar-refractivity contribution in [2.75, 3.05) is 6.54 Å². The van der Waals surface area contributed by atoms with Crippen LogP contribution >= 0.6 is 11.3 Å². The Kier molecular flexibility index (Phi) is 4.98. The minimum Gasteiger partial charge on any atom is -0.338 e. The molecular weight excluding hydrogens is 294 g/mol. The maximum absolute atomic E-state index is 5.40. The Labute approximate surface area is 134 Å². The molecule has 114 valence electrons. The molecule has 0 fully saturated rings. The number of benzene rings is 1. The highest BCUT2D eigenvalue weighted by molar-refractivity contribution is 7.08. The van der Waals surface area contributed by atoms with E-state index in [1.54, 1.807) is 11.3 Å². The van der Waals surface area contributed by atoms with E-state index in [2.05, 4.69) is 46.2 Å². The van der Waals surface area contributed by atoms with Gasteiger partial charge in [-0.15, -0.1) is 0 Å². The van der Waals surface area contributed by atoms with Gasteiger partial charge in [0.2, 0.25) is 11.7 Å². The van der Waals surface area contributed by atoms with Crippen LogP contribution in [0.5, 0.6) is 0 Å². The van der Waals surface area contributed by atoms with Crippen molar-refractivity contribution >= 4 is 11.3 Å². The fourth-order valence-corrected chi connectivity index (χ4v) is 3.03. The number of hydrogen-bond acceptors (Lipinski definition) is 5. The molecule has 3 rings (SSSR count). The van der Waals surface area contributed by atoms with Gasteiger partial charge >= 0.3 is 0 Å². The fraction of sp³-hybridized carbons (Fsp3) is 0.294. The molecule has 0 N–H and O–H groups in total. The second-order valence-electron chi connectivity index (χ2n) is 5.22. The van der Waals surface area contributed by atoms with Crippen LogP contribution in [0, 0.1) is 0 Å². The van der Waals surface area contributed by atoms with Gasteiger partial charge in [0.1, 0.15) is 0 Å². The van der Waals surface area contributed by atoms with Crippen molar-refractivity contribution in [3.05, 3.63) is 58.6 Å². The molecular formula is C17H19N3OS. The smallest absolute Gasteiger partial charge is 0.241 e. The number of hydrogen-bond donors (Lipinski definition) is 0. The third kappa shape index (κ3) is 3.81. The van der Waals surface area contributed by atoms with E-state index in [-0.39, 0.29) is 0 Å². The second-order valence-corrected chi connectivity index (χ2v) is 6.00. The molecule has 0 atom stereocenters. The van der Waals surface area contributed by atoms with Crippen molar-refractivity contribution in [1.82, 2.24) is 15.0 Å². The highest BCUT2D eigenvalue weighted by atomic mass is 32.1. The Morgan fingerprint density at radius 3 is 2.73 bits per heavy atom. The quantitative estimate of drug-likeness (QED) is 0.655. The molecule has 0 radical (unpaired) electrons. The predicted octanol–water partition coefficient (Wildman–Crippen LogP) is 4.21. The first-order valence-corrected chi connectivity index (χ1v) is 8.41. The molecule has 0 aliphatic heterocycles. The van der Waals surface area contributed by atoms with Crippen molar-refractivity contribution in [2.45, 2.75) is 26.4 Å². The summed E-state index contributed by atoms with van der Waals surface area (Å²) in [5, 5.41) is 8.12. The predicted molar refractivity (Wildman–Crippen MR) is 88.5 cm³/mol. The van der Waals surface area contributed by atoms with Gasteiger partial charge in [-0.3, -0.25) is 4.90 Å². The molecule has 3 aromatic rings. The Balaban J connectivity index is 1.68. The average molecular weight is 313 g/mol. The Morgan fingerprint density at radius 2 is 2.00 bits per heavy atom. The molecule has 0 bridgehead atoms. The zero-order valence-electron chi connectivity index (χ0n) is 12.6. The van der Waals surface area contributed by atoms with Gasteiger partial charge in [-0.2, -0.15) is 16.3 Å². The van der Waals surface area contributed by atoms with Crippen LogP contribution in [-0.4, -0.2) is 21.6 Å². The Hall–Kier alpha value is -1.98. The molecule has 22 heavy (non-hydrogen) atoms. The average Bonchev–Trinajstić information content (AvgIpc) is 3.19. The molecule has 0 amide bonds. The highest BCUT2D eigenvalue weighted by Crippen LogP contribution is 2.19. The van der Waals surface area contributed by atoms with E-state index in [1.807, 2.05) is 22.9 Å². The van der Waals surface area contributed by atoms with E-state index in [4.69, 9.17) is 4.52 Å². The lowest BCUT2D eigenvalue weighted by molar-refractivity contribution is 0.219. The molecule has 0 aliphatic rings. The molecule has 0 aliphatic carbocycles. The SMILES string of the molecule is CCCN(Cc1ccccc1)Cc1nc(-c2ccsc2)no1. The standard InChI is InChI=1S/C17H19N3OS/c1-2-9-20(11-14-6-4-3-5-7-14)12-16-18-17(19-21-16)15-8-10-22-13-15/h3-8,10,13H,2,9,11-12H2,1H3. The van der Waals surface area contributed by atoms with E-state index in [0.29, 0.717) is 18.3 Å². The Morgan fingerprint density at radius 1 is 1.14 bits per heavy atom. The van der Waals surface area contributed by atoms with Gasteiger partial charge in [0.25, 0.3) is 0 Å². The number of nitrogens with zero attached hydrogens (tertiary/aromatic N) is 3. The van der Waals surface area contributed by atoms with E-state index >= 15 is 0 Å². The zero-order valence-corrected chi connectivity index (χ0v) is 13.4. The summed E-state index contributed by atoms with van der Waals surface area (Å²) < 4.78 is 5.40. The maximum Gasteiger partial charge on any atom is 0.241 e. The molecule has 0 saturated carbocycles. The maximum atomic E-state index is 5.40. The molecule has 1 aromatic carbocycles. The third-order valence-corrected chi connectivity index (χ3v) is 4.08. The first kappa shape index (κ1) is 14.9. The minimum atomic E-state index is 0.672. The highest BCUT2D eigenvalue weighted by Gasteiger charge is 2.13. The number of rotatable bonds is 7. The van der Waals surface area contributed by atoms with Crippen LogP contribution in [0.3, 0.4) is 0 Å². The van der Waals surface area contributed by atoms with E-state index in [0.717, 1.165) is 25.1 Å². The van der Waals surface area contributed by atoms with Crippen LogP contribution < -0.4 is 0 Å². The lowest BCUT2D eigenvalue weighted by atomic mass is 10.2. The minimum absolute atomic E-state index is 0.672. The number of thiophene rings is 1. The molecule has 0 unspecified atom stereocenters. The third-order valence-electron chi connectivity index (χ3n) is 3.40. The van der Waals surface area contributed by atoms with Crippen molar-refractivity contribution in [3.8, 4) is 11.4 Å². The fourth-order valence-electron chi connectivity index (χ4n) is 2.39. The first-order valence-electron chi connectivity index (χ1n) is 7.46.